The molecular weight excluding hydrogens is 250 g/mol. The Hall–Kier alpha value is -1.36. The first-order chi connectivity index (χ1) is 8.49. The number of hydrogen-bond donors (Lipinski definition) is 1. The number of carbonyl (C=O) groups is 2. The Morgan fingerprint density at radius 3 is 2.72 bits per heavy atom. The van der Waals surface area contributed by atoms with Crippen molar-refractivity contribution >= 4 is 23.2 Å². The third-order valence-corrected chi connectivity index (χ3v) is 4.35. The van der Waals surface area contributed by atoms with Crippen LogP contribution in [0.25, 0.3) is 0 Å². The van der Waals surface area contributed by atoms with Crippen molar-refractivity contribution in [3.8, 4) is 0 Å². The number of piperidine rings is 1. The van der Waals surface area contributed by atoms with Crippen molar-refractivity contribution < 1.29 is 14.7 Å². The number of carbonyl (C=O) groups excluding carboxylic acids is 1. The summed E-state index contributed by atoms with van der Waals surface area (Å²) in [4.78, 5) is 26.8. The molecule has 2 atom stereocenters. The van der Waals surface area contributed by atoms with E-state index in [9.17, 15) is 14.7 Å². The number of carboxylic acid groups (broad SMARTS) is 1. The Morgan fingerprint density at radius 2 is 2.17 bits per heavy atom. The highest BCUT2D eigenvalue weighted by molar-refractivity contribution is 7.13. The molecule has 2 unspecified atom stereocenters. The Bertz CT molecular complexity index is 469. The van der Waals surface area contributed by atoms with Crippen LogP contribution < -0.4 is 0 Å². The van der Waals surface area contributed by atoms with E-state index in [-0.39, 0.29) is 5.91 Å². The summed E-state index contributed by atoms with van der Waals surface area (Å²) in [7, 11) is 0. The molecule has 5 heteroatoms. The van der Waals surface area contributed by atoms with Crippen molar-refractivity contribution in [3.63, 3.8) is 0 Å². The summed E-state index contributed by atoms with van der Waals surface area (Å²) in [5, 5.41) is 9.24. The molecule has 1 N–H and O–H groups in total. The van der Waals surface area contributed by atoms with E-state index in [4.69, 9.17) is 0 Å². The Balaban J connectivity index is 2.20. The highest BCUT2D eigenvalue weighted by atomic mass is 32.1. The molecule has 1 aromatic rings. The molecule has 1 aliphatic heterocycles. The van der Waals surface area contributed by atoms with Crippen LogP contribution >= 0.6 is 11.3 Å². The largest absolute Gasteiger partial charge is 0.480 e. The second kappa shape index (κ2) is 5.10. The van der Waals surface area contributed by atoms with Gasteiger partial charge < -0.3 is 10.0 Å². The number of carboxylic acids is 1. The molecule has 1 saturated heterocycles. The van der Waals surface area contributed by atoms with Crippen LogP contribution in [0.15, 0.2) is 12.1 Å². The molecule has 18 heavy (non-hydrogen) atoms. The summed E-state index contributed by atoms with van der Waals surface area (Å²) < 4.78 is 0. The summed E-state index contributed by atoms with van der Waals surface area (Å²) in [6, 6.07) is 2.99. The van der Waals surface area contributed by atoms with Gasteiger partial charge in [-0.3, -0.25) is 4.79 Å². The Kier molecular flexibility index (Phi) is 3.71. The molecule has 0 saturated carbocycles. The maximum atomic E-state index is 12.3. The molecule has 2 heterocycles. The topological polar surface area (TPSA) is 57.6 Å². The molecule has 1 aliphatic rings. The van der Waals surface area contributed by atoms with Crippen molar-refractivity contribution in [2.45, 2.75) is 32.7 Å². The van der Waals surface area contributed by atoms with Crippen LogP contribution in [0.5, 0.6) is 0 Å². The lowest BCUT2D eigenvalue weighted by Gasteiger charge is -2.35. The van der Waals surface area contributed by atoms with Crippen LogP contribution in [0.2, 0.25) is 0 Å². The highest BCUT2D eigenvalue weighted by Crippen LogP contribution is 2.26. The first-order valence-electron chi connectivity index (χ1n) is 6.09. The highest BCUT2D eigenvalue weighted by Gasteiger charge is 2.35. The van der Waals surface area contributed by atoms with E-state index in [1.807, 2.05) is 19.9 Å². The minimum absolute atomic E-state index is 0.146. The minimum atomic E-state index is -0.900. The standard InChI is InChI=1S/C13H17NO3S/c1-8-5-6-14(10(7-8)13(16)17)12(15)11-4-3-9(2)18-11/h3-4,8,10H,5-7H2,1-2H3,(H,16,17). The predicted octanol–water partition coefficient (Wildman–Crippen LogP) is 2.38. The van der Waals surface area contributed by atoms with Gasteiger partial charge >= 0.3 is 5.97 Å². The fourth-order valence-electron chi connectivity index (χ4n) is 2.31. The lowest BCUT2D eigenvalue weighted by Crippen LogP contribution is -2.49. The van der Waals surface area contributed by atoms with Gasteiger partial charge in [-0.25, -0.2) is 4.79 Å². The van der Waals surface area contributed by atoms with E-state index in [2.05, 4.69) is 0 Å². The maximum Gasteiger partial charge on any atom is 0.326 e. The van der Waals surface area contributed by atoms with Gasteiger partial charge in [-0.15, -0.1) is 11.3 Å². The van der Waals surface area contributed by atoms with Gasteiger partial charge in [0.05, 0.1) is 4.88 Å². The minimum Gasteiger partial charge on any atom is -0.480 e. The Labute approximate surface area is 110 Å². The first-order valence-corrected chi connectivity index (χ1v) is 6.91. The van der Waals surface area contributed by atoms with Crippen molar-refractivity contribution in [3.05, 3.63) is 21.9 Å². The van der Waals surface area contributed by atoms with Crippen LogP contribution in [-0.2, 0) is 4.79 Å². The molecule has 98 valence electrons. The monoisotopic (exact) mass is 267 g/mol. The maximum absolute atomic E-state index is 12.3. The van der Waals surface area contributed by atoms with E-state index < -0.39 is 12.0 Å². The number of thiophene rings is 1. The lowest BCUT2D eigenvalue weighted by molar-refractivity contribution is -0.144. The number of amides is 1. The fourth-order valence-corrected chi connectivity index (χ4v) is 3.13. The number of likely N-dealkylation sites (tertiary alicyclic amines) is 1. The zero-order chi connectivity index (χ0) is 13.3. The van der Waals surface area contributed by atoms with Gasteiger partial charge in [0.2, 0.25) is 0 Å². The average Bonchev–Trinajstić information content (AvgIpc) is 2.75. The summed E-state index contributed by atoms with van der Waals surface area (Å²) in [6.45, 7) is 4.51. The zero-order valence-corrected chi connectivity index (χ0v) is 11.4. The molecule has 0 bridgehead atoms. The molecule has 0 spiro atoms. The summed E-state index contributed by atoms with van der Waals surface area (Å²) in [5.41, 5.74) is 0. The second-order valence-corrected chi connectivity index (χ2v) is 6.18. The van der Waals surface area contributed by atoms with Crippen molar-refractivity contribution in [1.29, 1.82) is 0 Å². The molecule has 0 aromatic carbocycles. The van der Waals surface area contributed by atoms with Gasteiger partial charge in [-0.2, -0.15) is 0 Å². The van der Waals surface area contributed by atoms with E-state index in [0.29, 0.717) is 23.8 Å². The number of nitrogens with zero attached hydrogens (tertiary/aromatic N) is 1. The van der Waals surface area contributed by atoms with Crippen LogP contribution in [0.4, 0.5) is 0 Å². The van der Waals surface area contributed by atoms with Crippen LogP contribution in [0.3, 0.4) is 0 Å². The van der Waals surface area contributed by atoms with Crippen LogP contribution in [0, 0.1) is 12.8 Å². The third kappa shape index (κ3) is 2.56. The average molecular weight is 267 g/mol. The number of hydrogen-bond acceptors (Lipinski definition) is 3. The number of rotatable bonds is 2. The number of aryl methyl sites for hydroxylation is 1. The molecule has 1 aromatic heterocycles. The van der Waals surface area contributed by atoms with Crippen LogP contribution in [-0.4, -0.2) is 34.5 Å². The van der Waals surface area contributed by atoms with Gasteiger partial charge in [0, 0.05) is 11.4 Å². The van der Waals surface area contributed by atoms with Gasteiger partial charge in [0.15, 0.2) is 0 Å². The molecule has 2 rings (SSSR count). The SMILES string of the molecule is Cc1ccc(C(=O)N2CCC(C)CC2C(=O)O)s1. The van der Waals surface area contributed by atoms with E-state index in [1.54, 1.807) is 6.07 Å². The molecule has 4 nitrogen and oxygen atoms in total. The predicted molar refractivity (Wildman–Crippen MR) is 69.9 cm³/mol. The van der Waals surface area contributed by atoms with Gasteiger partial charge in [-0.1, -0.05) is 6.92 Å². The van der Waals surface area contributed by atoms with Gasteiger partial charge in [-0.05, 0) is 37.8 Å². The molecule has 0 aliphatic carbocycles. The van der Waals surface area contributed by atoms with Gasteiger partial charge in [0.25, 0.3) is 5.91 Å². The molecule has 0 radical (unpaired) electrons. The molecular formula is C13H17NO3S. The quantitative estimate of drug-likeness (QED) is 0.895. The summed E-state index contributed by atoms with van der Waals surface area (Å²) >= 11 is 1.42. The smallest absolute Gasteiger partial charge is 0.326 e. The van der Waals surface area contributed by atoms with Crippen LogP contribution in [0.1, 0.15) is 34.3 Å². The second-order valence-electron chi connectivity index (χ2n) is 4.89. The van der Waals surface area contributed by atoms with Crippen molar-refractivity contribution in [2.75, 3.05) is 6.54 Å². The zero-order valence-electron chi connectivity index (χ0n) is 10.5. The van der Waals surface area contributed by atoms with Gasteiger partial charge in [0.1, 0.15) is 6.04 Å². The van der Waals surface area contributed by atoms with Crippen molar-refractivity contribution in [2.24, 2.45) is 5.92 Å². The van der Waals surface area contributed by atoms with E-state index >= 15 is 0 Å². The number of aliphatic carboxylic acids is 1. The van der Waals surface area contributed by atoms with E-state index in [1.165, 1.54) is 16.2 Å². The summed E-state index contributed by atoms with van der Waals surface area (Å²) in [6.07, 6.45) is 1.42. The normalized spacial score (nSPS) is 24.0. The fraction of sp³-hybridized carbons (Fsp3) is 0.538. The summed E-state index contributed by atoms with van der Waals surface area (Å²) in [5.74, 6) is -0.684. The lowest BCUT2D eigenvalue weighted by atomic mass is 9.92. The third-order valence-electron chi connectivity index (χ3n) is 3.36. The van der Waals surface area contributed by atoms with Crippen molar-refractivity contribution in [1.82, 2.24) is 4.90 Å². The van der Waals surface area contributed by atoms with E-state index in [0.717, 1.165) is 11.3 Å². The first kappa shape index (κ1) is 13.1. The molecule has 1 fully saturated rings. The Morgan fingerprint density at radius 1 is 1.44 bits per heavy atom. The molecule has 1 amide bonds.